The van der Waals surface area contributed by atoms with Crippen LogP contribution in [0.2, 0.25) is 0 Å². The van der Waals surface area contributed by atoms with E-state index in [4.69, 9.17) is 4.98 Å². The predicted molar refractivity (Wildman–Crippen MR) is 122 cm³/mol. The molecule has 150 valence electrons. The number of aromatic nitrogens is 3. The van der Waals surface area contributed by atoms with Crippen molar-refractivity contribution in [3.63, 3.8) is 0 Å². The molecular formula is C24H22N4OS. The van der Waals surface area contributed by atoms with Gasteiger partial charge in [-0.2, -0.15) is 0 Å². The van der Waals surface area contributed by atoms with Crippen molar-refractivity contribution in [2.24, 2.45) is 0 Å². The summed E-state index contributed by atoms with van der Waals surface area (Å²) in [7, 11) is 0. The number of benzene rings is 2. The van der Waals surface area contributed by atoms with E-state index in [2.05, 4.69) is 50.5 Å². The summed E-state index contributed by atoms with van der Waals surface area (Å²) < 4.78 is 2.10. The van der Waals surface area contributed by atoms with Crippen molar-refractivity contribution in [1.29, 1.82) is 0 Å². The second kappa shape index (κ2) is 8.16. The van der Waals surface area contributed by atoms with Crippen molar-refractivity contribution >= 4 is 33.1 Å². The molecule has 30 heavy (non-hydrogen) atoms. The number of carbonyl (C=O) groups is 1. The molecule has 0 bridgehead atoms. The number of amides is 1. The van der Waals surface area contributed by atoms with Gasteiger partial charge < -0.3 is 10.3 Å². The van der Waals surface area contributed by atoms with Gasteiger partial charge >= 0.3 is 0 Å². The van der Waals surface area contributed by atoms with Crippen LogP contribution in [0, 0.1) is 0 Å². The lowest BCUT2D eigenvalue weighted by Crippen LogP contribution is -2.25. The molecule has 2 N–H and O–H groups in total. The van der Waals surface area contributed by atoms with Gasteiger partial charge in [0.2, 0.25) is 5.91 Å². The monoisotopic (exact) mass is 414 g/mol. The Morgan fingerprint density at radius 3 is 2.80 bits per heavy atom. The third-order valence-electron chi connectivity index (χ3n) is 5.35. The summed E-state index contributed by atoms with van der Waals surface area (Å²) in [5.41, 5.74) is 5.56. The van der Waals surface area contributed by atoms with E-state index >= 15 is 0 Å². The number of aryl methyl sites for hydroxylation is 1. The molecule has 0 radical (unpaired) electrons. The molecule has 5 rings (SSSR count). The lowest BCUT2D eigenvalue weighted by Gasteiger charge is -2.05. The molecule has 0 aliphatic carbocycles. The third-order valence-corrected chi connectivity index (χ3v) is 6.24. The fraction of sp³-hybridized carbons (Fsp3) is 0.167. The van der Waals surface area contributed by atoms with E-state index in [-0.39, 0.29) is 5.91 Å². The van der Waals surface area contributed by atoms with Gasteiger partial charge in [0.15, 0.2) is 4.96 Å². The fourth-order valence-corrected chi connectivity index (χ4v) is 4.67. The number of nitrogens with zero attached hydrogens (tertiary/aromatic N) is 2. The Labute approximate surface area is 178 Å². The van der Waals surface area contributed by atoms with Crippen molar-refractivity contribution in [2.75, 3.05) is 6.54 Å². The van der Waals surface area contributed by atoms with Gasteiger partial charge in [-0.25, -0.2) is 4.98 Å². The van der Waals surface area contributed by atoms with Gasteiger partial charge in [0.25, 0.3) is 0 Å². The molecule has 5 aromatic rings. The van der Waals surface area contributed by atoms with Crippen LogP contribution in [0.3, 0.4) is 0 Å². The van der Waals surface area contributed by atoms with E-state index in [1.54, 1.807) is 11.3 Å². The van der Waals surface area contributed by atoms with Gasteiger partial charge in [-0.15, -0.1) is 11.3 Å². The maximum Gasteiger partial charge on any atom is 0.220 e. The van der Waals surface area contributed by atoms with Crippen molar-refractivity contribution in [1.82, 2.24) is 19.7 Å². The topological polar surface area (TPSA) is 62.2 Å². The van der Waals surface area contributed by atoms with Crippen LogP contribution < -0.4 is 5.32 Å². The van der Waals surface area contributed by atoms with Crippen LogP contribution in [-0.2, 0) is 17.6 Å². The molecule has 3 heterocycles. The van der Waals surface area contributed by atoms with Crippen LogP contribution in [-0.4, -0.2) is 26.8 Å². The lowest BCUT2D eigenvalue weighted by atomic mass is 10.1. The number of nitrogens with one attached hydrogen (secondary N) is 2. The van der Waals surface area contributed by atoms with Gasteiger partial charge in [0.05, 0.1) is 5.69 Å². The highest BCUT2D eigenvalue weighted by atomic mass is 32.1. The maximum atomic E-state index is 12.4. The molecule has 0 aliphatic rings. The molecule has 1 amide bonds. The minimum absolute atomic E-state index is 0.0811. The van der Waals surface area contributed by atoms with Gasteiger partial charge in [-0.1, -0.05) is 48.5 Å². The highest BCUT2D eigenvalue weighted by Crippen LogP contribution is 2.24. The SMILES string of the molecule is O=C(CCc1csc2nc(-c3ccccc3)cn12)NCCc1c[nH]c2ccccc12. The number of thiazole rings is 1. The summed E-state index contributed by atoms with van der Waals surface area (Å²) in [5, 5.41) is 6.37. The molecule has 6 heteroatoms. The van der Waals surface area contributed by atoms with Gasteiger partial charge in [0, 0.05) is 52.9 Å². The summed E-state index contributed by atoms with van der Waals surface area (Å²) >= 11 is 1.61. The Kier molecular flexibility index (Phi) is 5.07. The zero-order chi connectivity index (χ0) is 20.3. The van der Waals surface area contributed by atoms with Crippen LogP contribution in [0.25, 0.3) is 27.1 Å². The molecule has 2 aromatic carbocycles. The first-order valence-corrected chi connectivity index (χ1v) is 11.0. The van der Waals surface area contributed by atoms with Crippen LogP contribution in [0.1, 0.15) is 17.7 Å². The average molecular weight is 415 g/mol. The Balaban J connectivity index is 1.17. The zero-order valence-corrected chi connectivity index (χ0v) is 17.3. The lowest BCUT2D eigenvalue weighted by molar-refractivity contribution is -0.121. The van der Waals surface area contributed by atoms with E-state index in [0.29, 0.717) is 19.4 Å². The smallest absolute Gasteiger partial charge is 0.220 e. The largest absolute Gasteiger partial charge is 0.361 e. The zero-order valence-electron chi connectivity index (χ0n) is 16.5. The molecule has 0 saturated heterocycles. The van der Waals surface area contributed by atoms with Crippen molar-refractivity contribution in [3.8, 4) is 11.3 Å². The number of hydrogen-bond donors (Lipinski definition) is 2. The Morgan fingerprint density at radius 2 is 1.90 bits per heavy atom. The third kappa shape index (κ3) is 3.74. The Bertz CT molecular complexity index is 1300. The normalized spacial score (nSPS) is 11.3. The quantitative estimate of drug-likeness (QED) is 0.400. The number of para-hydroxylation sites is 1. The van der Waals surface area contributed by atoms with Gasteiger partial charge in [0.1, 0.15) is 0 Å². The minimum Gasteiger partial charge on any atom is -0.361 e. The standard InChI is InChI=1S/C24H22N4OS/c29-23(25-13-12-18-14-26-21-9-5-4-8-20(18)21)11-10-19-16-30-24-27-22(15-28(19)24)17-6-2-1-3-7-17/h1-9,14-16,26H,10-13H2,(H,25,29). The van der Waals surface area contributed by atoms with Crippen LogP contribution in [0.15, 0.2) is 72.4 Å². The van der Waals surface area contributed by atoms with E-state index in [0.717, 1.165) is 33.8 Å². The highest BCUT2D eigenvalue weighted by molar-refractivity contribution is 7.15. The molecular weight excluding hydrogens is 392 g/mol. The number of imidazole rings is 1. The fourth-order valence-electron chi connectivity index (χ4n) is 3.76. The summed E-state index contributed by atoms with van der Waals surface area (Å²) in [6.07, 6.45) is 6.08. The number of aromatic amines is 1. The molecule has 5 nitrogen and oxygen atoms in total. The molecule has 0 saturated carbocycles. The van der Waals surface area contributed by atoms with E-state index in [1.807, 2.05) is 36.5 Å². The van der Waals surface area contributed by atoms with Gasteiger partial charge in [-0.05, 0) is 24.5 Å². The number of H-pyrrole nitrogens is 1. The Morgan fingerprint density at radius 1 is 1.07 bits per heavy atom. The average Bonchev–Trinajstić information content (AvgIpc) is 3.48. The number of hydrogen-bond acceptors (Lipinski definition) is 3. The molecule has 0 atom stereocenters. The van der Waals surface area contributed by atoms with E-state index < -0.39 is 0 Å². The van der Waals surface area contributed by atoms with Crippen LogP contribution in [0.5, 0.6) is 0 Å². The van der Waals surface area contributed by atoms with E-state index in [9.17, 15) is 4.79 Å². The van der Waals surface area contributed by atoms with Gasteiger partial charge in [-0.3, -0.25) is 9.20 Å². The summed E-state index contributed by atoms with van der Waals surface area (Å²) in [6.45, 7) is 0.642. The van der Waals surface area contributed by atoms with Crippen LogP contribution >= 0.6 is 11.3 Å². The first-order chi connectivity index (χ1) is 14.8. The minimum atomic E-state index is 0.0811. The number of carbonyl (C=O) groups excluding carboxylic acids is 1. The number of rotatable bonds is 7. The second-order valence-corrected chi connectivity index (χ2v) is 8.17. The van der Waals surface area contributed by atoms with Crippen molar-refractivity contribution < 1.29 is 4.79 Å². The van der Waals surface area contributed by atoms with Crippen molar-refractivity contribution in [3.05, 3.63) is 83.6 Å². The molecule has 3 aromatic heterocycles. The molecule has 0 unspecified atom stereocenters. The summed E-state index contributed by atoms with van der Waals surface area (Å²) in [4.78, 5) is 21.3. The van der Waals surface area contributed by atoms with E-state index in [1.165, 1.54) is 10.9 Å². The first-order valence-electron chi connectivity index (χ1n) is 10.1. The second-order valence-electron chi connectivity index (χ2n) is 7.33. The number of fused-ring (bicyclic) bond motifs is 2. The molecule has 0 fully saturated rings. The Hall–Kier alpha value is -3.38. The molecule has 0 aliphatic heterocycles. The molecule has 0 spiro atoms. The highest BCUT2D eigenvalue weighted by Gasteiger charge is 2.11. The first kappa shape index (κ1) is 18.6. The maximum absolute atomic E-state index is 12.4. The predicted octanol–water partition coefficient (Wildman–Crippen LogP) is 4.84. The van der Waals surface area contributed by atoms with Crippen molar-refractivity contribution in [2.45, 2.75) is 19.3 Å². The summed E-state index contributed by atoms with van der Waals surface area (Å²) in [6, 6.07) is 18.4. The summed E-state index contributed by atoms with van der Waals surface area (Å²) in [5.74, 6) is 0.0811. The van der Waals surface area contributed by atoms with Crippen LogP contribution in [0.4, 0.5) is 0 Å².